The number of rotatable bonds is 6. The molecule has 0 aromatic heterocycles. The number of urea groups is 1. The van der Waals surface area contributed by atoms with Crippen molar-refractivity contribution in [1.82, 2.24) is 15.1 Å². The number of piperazine rings is 1. The minimum Gasteiger partial charge on any atom is -0.497 e. The van der Waals surface area contributed by atoms with E-state index in [4.69, 9.17) is 4.74 Å². The summed E-state index contributed by atoms with van der Waals surface area (Å²) in [6, 6.07) is 18.3. The van der Waals surface area contributed by atoms with Crippen LogP contribution in [0.15, 0.2) is 54.6 Å². The lowest BCUT2D eigenvalue weighted by Crippen LogP contribution is -2.51. The molecule has 138 valence electrons. The molecule has 0 saturated carbocycles. The van der Waals surface area contributed by atoms with Crippen LogP contribution in [0, 0.1) is 0 Å². The van der Waals surface area contributed by atoms with Crippen LogP contribution < -0.4 is 10.1 Å². The third-order valence-electron chi connectivity index (χ3n) is 4.82. The summed E-state index contributed by atoms with van der Waals surface area (Å²) in [4.78, 5) is 16.7. The first-order chi connectivity index (χ1) is 12.7. The second kappa shape index (κ2) is 9.25. The van der Waals surface area contributed by atoms with Gasteiger partial charge in [-0.3, -0.25) is 4.90 Å². The molecule has 3 rings (SSSR count). The normalized spacial score (nSPS) is 14.9. The second-order valence-electron chi connectivity index (χ2n) is 6.57. The van der Waals surface area contributed by atoms with E-state index in [-0.39, 0.29) is 6.03 Å². The van der Waals surface area contributed by atoms with Crippen molar-refractivity contribution >= 4 is 6.03 Å². The zero-order valence-corrected chi connectivity index (χ0v) is 15.4. The molecule has 1 aliphatic rings. The van der Waals surface area contributed by atoms with E-state index < -0.39 is 0 Å². The summed E-state index contributed by atoms with van der Waals surface area (Å²) in [7, 11) is 1.65. The van der Waals surface area contributed by atoms with Crippen LogP contribution in [0.4, 0.5) is 4.79 Å². The number of methoxy groups -OCH3 is 1. The van der Waals surface area contributed by atoms with Crippen molar-refractivity contribution in [2.75, 3.05) is 39.8 Å². The molecule has 0 radical (unpaired) electrons. The number of ether oxygens (including phenoxy) is 1. The Kier molecular flexibility index (Phi) is 6.50. The molecule has 2 amide bonds. The Bertz CT molecular complexity index is 680. The third-order valence-corrected chi connectivity index (χ3v) is 4.82. The summed E-state index contributed by atoms with van der Waals surface area (Å²) in [5.74, 6) is 0.826. The standard InChI is InChI=1S/C21H27N3O2/c1-26-20-9-7-19(8-10-20)17-22-21(25)24-15-13-23(14-16-24)12-11-18-5-3-2-4-6-18/h2-10H,11-17H2,1H3,(H,22,25). The molecule has 0 spiro atoms. The Balaban J connectivity index is 1.37. The van der Waals surface area contributed by atoms with Gasteiger partial charge in [0, 0.05) is 39.3 Å². The average Bonchev–Trinajstić information content (AvgIpc) is 2.72. The Hall–Kier alpha value is -2.53. The highest BCUT2D eigenvalue weighted by Crippen LogP contribution is 2.11. The summed E-state index contributed by atoms with van der Waals surface area (Å²) in [6.45, 7) is 5.01. The van der Waals surface area contributed by atoms with Crippen LogP contribution in [0.5, 0.6) is 5.75 Å². The summed E-state index contributed by atoms with van der Waals surface area (Å²) >= 11 is 0. The van der Waals surface area contributed by atoms with Crippen molar-refractivity contribution in [3.63, 3.8) is 0 Å². The van der Waals surface area contributed by atoms with Gasteiger partial charge in [0.1, 0.15) is 5.75 Å². The second-order valence-corrected chi connectivity index (χ2v) is 6.57. The van der Waals surface area contributed by atoms with Gasteiger partial charge in [-0.15, -0.1) is 0 Å². The molecule has 5 nitrogen and oxygen atoms in total. The molecule has 1 saturated heterocycles. The number of nitrogens with zero attached hydrogens (tertiary/aromatic N) is 2. The summed E-state index contributed by atoms with van der Waals surface area (Å²) in [5, 5.41) is 3.01. The molecule has 2 aromatic carbocycles. The van der Waals surface area contributed by atoms with Crippen molar-refractivity contribution in [2.45, 2.75) is 13.0 Å². The minimum atomic E-state index is 0.0172. The van der Waals surface area contributed by atoms with Gasteiger partial charge in [-0.25, -0.2) is 4.79 Å². The van der Waals surface area contributed by atoms with Crippen molar-refractivity contribution in [2.24, 2.45) is 0 Å². The van der Waals surface area contributed by atoms with E-state index in [1.165, 1.54) is 5.56 Å². The summed E-state index contributed by atoms with van der Waals surface area (Å²) < 4.78 is 5.15. The first kappa shape index (κ1) is 18.3. The van der Waals surface area contributed by atoms with E-state index in [2.05, 4.69) is 34.5 Å². The van der Waals surface area contributed by atoms with Gasteiger partial charge in [-0.1, -0.05) is 42.5 Å². The van der Waals surface area contributed by atoms with E-state index >= 15 is 0 Å². The van der Waals surface area contributed by atoms with Gasteiger partial charge >= 0.3 is 6.03 Å². The van der Waals surface area contributed by atoms with Crippen LogP contribution in [0.2, 0.25) is 0 Å². The third kappa shape index (κ3) is 5.23. The lowest BCUT2D eigenvalue weighted by molar-refractivity contribution is 0.140. The molecule has 0 bridgehead atoms. The molecular formula is C21H27N3O2. The maximum atomic E-state index is 12.4. The number of benzene rings is 2. The van der Waals surface area contributed by atoms with Crippen LogP contribution in [0.3, 0.4) is 0 Å². The molecule has 1 heterocycles. The van der Waals surface area contributed by atoms with Gasteiger partial charge in [0.15, 0.2) is 0 Å². The van der Waals surface area contributed by atoms with Gasteiger partial charge < -0.3 is 15.0 Å². The van der Waals surface area contributed by atoms with Gasteiger partial charge in [0.05, 0.1) is 7.11 Å². The predicted octanol–water partition coefficient (Wildman–Crippen LogP) is 2.77. The zero-order chi connectivity index (χ0) is 18.2. The van der Waals surface area contributed by atoms with Crippen LogP contribution >= 0.6 is 0 Å². The average molecular weight is 353 g/mol. The fourth-order valence-corrected chi connectivity index (χ4v) is 3.14. The van der Waals surface area contributed by atoms with E-state index in [1.54, 1.807) is 7.11 Å². The number of hydrogen-bond acceptors (Lipinski definition) is 3. The van der Waals surface area contributed by atoms with Crippen molar-refractivity contribution < 1.29 is 9.53 Å². The fourth-order valence-electron chi connectivity index (χ4n) is 3.14. The lowest BCUT2D eigenvalue weighted by Gasteiger charge is -2.34. The predicted molar refractivity (Wildman–Crippen MR) is 103 cm³/mol. The van der Waals surface area contributed by atoms with Crippen LogP contribution in [0.1, 0.15) is 11.1 Å². The number of carbonyl (C=O) groups is 1. The van der Waals surface area contributed by atoms with Crippen molar-refractivity contribution in [3.05, 3.63) is 65.7 Å². The molecular weight excluding hydrogens is 326 g/mol. The largest absolute Gasteiger partial charge is 0.497 e. The molecule has 1 fully saturated rings. The van der Waals surface area contributed by atoms with E-state index in [1.807, 2.05) is 35.2 Å². The number of carbonyl (C=O) groups excluding carboxylic acids is 1. The van der Waals surface area contributed by atoms with Gasteiger partial charge in [-0.05, 0) is 29.7 Å². The smallest absolute Gasteiger partial charge is 0.317 e. The Morgan fingerprint density at radius 2 is 1.65 bits per heavy atom. The first-order valence-corrected chi connectivity index (χ1v) is 9.16. The van der Waals surface area contributed by atoms with Crippen LogP contribution in [-0.4, -0.2) is 55.7 Å². The molecule has 1 aliphatic heterocycles. The van der Waals surface area contributed by atoms with Crippen LogP contribution in [-0.2, 0) is 13.0 Å². The number of nitrogens with one attached hydrogen (secondary N) is 1. The number of hydrogen-bond donors (Lipinski definition) is 1. The summed E-state index contributed by atoms with van der Waals surface area (Å²) in [5.41, 5.74) is 2.44. The monoisotopic (exact) mass is 353 g/mol. The fraction of sp³-hybridized carbons (Fsp3) is 0.381. The van der Waals surface area contributed by atoms with Gasteiger partial charge in [0.25, 0.3) is 0 Å². The highest BCUT2D eigenvalue weighted by atomic mass is 16.5. The SMILES string of the molecule is COc1ccc(CNC(=O)N2CCN(CCc3ccccc3)CC2)cc1. The van der Waals surface area contributed by atoms with Crippen LogP contribution in [0.25, 0.3) is 0 Å². The number of amides is 2. The minimum absolute atomic E-state index is 0.0172. The zero-order valence-electron chi connectivity index (χ0n) is 15.4. The van der Waals surface area contributed by atoms with Gasteiger partial charge in [-0.2, -0.15) is 0 Å². The highest BCUT2D eigenvalue weighted by Gasteiger charge is 2.20. The molecule has 1 N–H and O–H groups in total. The molecule has 2 aromatic rings. The summed E-state index contributed by atoms with van der Waals surface area (Å²) in [6.07, 6.45) is 1.06. The lowest BCUT2D eigenvalue weighted by atomic mass is 10.1. The molecule has 0 unspecified atom stereocenters. The maximum absolute atomic E-state index is 12.4. The Morgan fingerprint density at radius 1 is 0.962 bits per heavy atom. The van der Waals surface area contributed by atoms with E-state index in [9.17, 15) is 4.79 Å². The first-order valence-electron chi connectivity index (χ1n) is 9.16. The Labute approximate surface area is 155 Å². The highest BCUT2D eigenvalue weighted by molar-refractivity contribution is 5.74. The topological polar surface area (TPSA) is 44.8 Å². The molecule has 5 heteroatoms. The maximum Gasteiger partial charge on any atom is 0.317 e. The van der Waals surface area contributed by atoms with E-state index in [0.29, 0.717) is 6.54 Å². The van der Waals surface area contributed by atoms with Crippen molar-refractivity contribution in [1.29, 1.82) is 0 Å². The van der Waals surface area contributed by atoms with E-state index in [0.717, 1.165) is 50.5 Å². The molecule has 26 heavy (non-hydrogen) atoms. The Morgan fingerprint density at radius 3 is 2.31 bits per heavy atom. The quantitative estimate of drug-likeness (QED) is 0.869. The molecule has 0 atom stereocenters. The van der Waals surface area contributed by atoms with Crippen molar-refractivity contribution in [3.8, 4) is 5.75 Å². The van der Waals surface area contributed by atoms with Gasteiger partial charge in [0.2, 0.25) is 0 Å². The molecule has 0 aliphatic carbocycles.